The zero-order chi connectivity index (χ0) is 7.28. The van der Waals surface area contributed by atoms with Crippen LogP contribution in [0, 0.1) is 0 Å². The Kier molecular flexibility index (Phi) is 5.18. The fourth-order valence-electron chi connectivity index (χ4n) is 0.138. The van der Waals surface area contributed by atoms with Gasteiger partial charge in [0.05, 0.1) is 0 Å². The topological polar surface area (TPSA) is 80.4 Å². The van der Waals surface area contributed by atoms with Crippen LogP contribution in [-0.4, -0.2) is 16.8 Å². The third kappa shape index (κ3) is 6.11. The quantitative estimate of drug-likeness (QED) is 0.505. The van der Waals surface area contributed by atoms with Gasteiger partial charge in [-0.2, -0.15) is 0 Å². The number of rotatable bonds is 4. The first-order valence-corrected chi connectivity index (χ1v) is 6.19. The van der Waals surface area contributed by atoms with Gasteiger partial charge in [-0.15, -0.1) is 0 Å². The molecule has 0 aromatic rings. The summed E-state index contributed by atoms with van der Waals surface area (Å²) in [6.45, 7) is 0. The van der Waals surface area contributed by atoms with Crippen molar-refractivity contribution in [3.8, 4) is 0 Å². The van der Waals surface area contributed by atoms with E-state index < -0.39 is 12.2 Å². The molecule has 0 aliphatic heterocycles. The number of hydrogen-bond acceptors (Lipinski definition) is 5. The highest BCUT2D eigenvalue weighted by molar-refractivity contribution is 8.83. The fraction of sp³-hybridized carbons (Fsp3) is 0.500. The molecule has 0 saturated carbocycles. The number of aliphatic carboxylic acids is 1. The molecule has 0 aliphatic carbocycles. The average Bonchev–Trinajstić information content (AvgIpc) is 1.83. The van der Waals surface area contributed by atoms with E-state index in [4.69, 9.17) is 10.2 Å². The van der Waals surface area contributed by atoms with Crippen molar-refractivity contribution in [2.24, 2.45) is 5.14 Å². The molecule has 0 aromatic carbocycles. The molecule has 0 bridgehead atoms. The van der Waals surface area contributed by atoms with Crippen LogP contribution in [0.3, 0.4) is 0 Å². The van der Waals surface area contributed by atoms with Gasteiger partial charge in [-0.1, -0.05) is 0 Å². The van der Waals surface area contributed by atoms with Crippen LogP contribution in [-0.2, 0) is 9.36 Å². The van der Waals surface area contributed by atoms with E-state index in [2.05, 4.69) is 0 Å². The Balaban J connectivity index is 3.28. The van der Waals surface area contributed by atoms with Crippen LogP contribution in [0.25, 0.3) is 0 Å². The number of carboxylic acid groups (broad SMARTS) is 1. The first-order chi connectivity index (χ1) is 4.16. The molecule has 4 nitrogen and oxygen atoms in total. The summed E-state index contributed by atoms with van der Waals surface area (Å²) in [5, 5.41) is 12.9. The van der Waals surface area contributed by atoms with Gasteiger partial charge in [0.2, 0.25) is 11.6 Å². The molecule has 9 heavy (non-hydrogen) atoms. The lowest BCUT2D eigenvalue weighted by molar-refractivity contribution is -0.133. The van der Waals surface area contributed by atoms with Gasteiger partial charge in [-0.3, -0.25) is 4.79 Å². The Hall–Kier alpha value is 0.230. The second-order valence-corrected chi connectivity index (χ2v) is 6.29. The first kappa shape index (κ1) is 9.23. The highest BCUT2D eigenvalue weighted by Gasteiger charge is 2.18. The van der Waals surface area contributed by atoms with E-state index in [1.165, 1.54) is 0 Å². The molecule has 3 N–H and O–H groups in total. The van der Waals surface area contributed by atoms with E-state index in [-0.39, 0.29) is 5.75 Å². The van der Waals surface area contributed by atoms with Crippen LogP contribution in [0.5, 0.6) is 0 Å². The summed E-state index contributed by atoms with van der Waals surface area (Å²) in [7, 11) is 0. The maximum atomic E-state index is 10.4. The van der Waals surface area contributed by atoms with Crippen LogP contribution in [0.15, 0.2) is 0 Å². The molecule has 0 heterocycles. The van der Waals surface area contributed by atoms with Crippen LogP contribution >= 0.6 is 29.2 Å². The maximum absolute atomic E-state index is 10.4. The minimum atomic E-state index is -1.63. The lowest BCUT2D eigenvalue weighted by atomic mass is 10.8. The molecule has 0 radical (unpaired) electrons. The minimum absolute atomic E-state index is 0.153. The van der Waals surface area contributed by atoms with E-state index in [0.717, 1.165) is 11.4 Å². The molecule has 52 valence electrons. The van der Waals surface area contributed by atoms with Crippen LogP contribution in [0.2, 0.25) is 0 Å². The van der Waals surface area contributed by atoms with Crippen molar-refractivity contribution in [3.05, 3.63) is 0 Å². The number of carboxylic acids is 1. The Morgan fingerprint density at radius 1 is 1.78 bits per heavy atom. The Morgan fingerprint density at radius 3 is 2.67 bits per heavy atom. The van der Waals surface area contributed by atoms with Gasteiger partial charge < -0.3 is 5.11 Å². The van der Waals surface area contributed by atoms with E-state index in [1.807, 2.05) is 0 Å². The van der Waals surface area contributed by atoms with Crippen molar-refractivity contribution in [1.29, 1.82) is 0 Å². The van der Waals surface area contributed by atoms with Crippen molar-refractivity contribution in [3.63, 3.8) is 0 Å². The molecule has 0 aromatic heterocycles. The maximum Gasteiger partial charge on any atom is 0.500 e. The molecule has 7 heteroatoms. The molecule has 0 aliphatic rings. The summed E-state index contributed by atoms with van der Waals surface area (Å²) >= 11 is 1.51. The van der Waals surface area contributed by atoms with Crippen LogP contribution in [0.1, 0.15) is 0 Å². The Labute approximate surface area is 61.0 Å². The predicted octanol–water partition coefficient (Wildman–Crippen LogP) is 1.07. The van der Waals surface area contributed by atoms with Gasteiger partial charge in [0.15, 0.2) is 11.4 Å². The van der Waals surface area contributed by atoms with Crippen molar-refractivity contribution in [2.75, 3.05) is 5.75 Å². The van der Waals surface area contributed by atoms with Crippen molar-refractivity contribution >= 4 is 35.1 Å². The normalized spacial score (nSPS) is 11.0. The zero-order valence-corrected chi connectivity index (χ0v) is 6.84. The first-order valence-electron chi connectivity index (χ1n) is 1.85. The zero-order valence-electron chi connectivity index (χ0n) is 4.31. The van der Waals surface area contributed by atoms with Crippen LogP contribution < -0.4 is 5.14 Å². The Bertz CT molecular complexity index is 129. The molecular weight excluding hydrogens is 181 g/mol. The highest BCUT2D eigenvalue weighted by atomic mass is 33.1. The van der Waals surface area contributed by atoms with E-state index in [9.17, 15) is 9.36 Å². The standard InChI is InChI=1S/C2H4NO3PS2/c3-9-7(6)8-1-2(4)5/h1,3H2/p+1. The third-order valence-corrected chi connectivity index (χ3v) is 4.40. The summed E-state index contributed by atoms with van der Waals surface area (Å²) in [5.41, 5.74) is 0. The SMILES string of the molecule is NS[P+](=O)SCC(=O)O. The second-order valence-electron chi connectivity index (χ2n) is 0.996. The lowest BCUT2D eigenvalue weighted by Gasteiger charge is -1.77. The largest absolute Gasteiger partial charge is 0.500 e. The number of carbonyl (C=O) groups is 1. The molecule has 0 fully saturated rings. The summed E-state index contributed by atoms with van der Waals surface area (Å²) < 4.78 is 10.4. The fourth-order valence-corrected chi connectivity index (χ4v) is 2.27. The third-order valence-electron chi connectivity index (χ3n) is 0.380. The molecule has 1 atom stereocenters. The van der Waals surface area contributed by atoms with Gasteiger partial charge in [-0.25, -0.2) is 5.14 Å². The number of nitrogens with two attached hydrogens (primary N) is 1. The summed E-state index contributed by atoms with van der Waals surface area (Å²) in [6, 6.07) is 0. The van der Waals surface area contributed by atoms with Gasteiger partial charge in [0, 0.05) is 0 Å². The molecule has 0 rings (SSSR count). The predicted molar refractivity (Wildman–Crippen MR) is 39.5 cm³/mol. The van der Waals surface area contributed by atoms with Gasteiger partial charge in [-0.05, 0) is 4.57 Å². The van der Waals surface area contributed by atoms with Crippen molar-refractivity contribution in [2.45, 2.75) is 0 Å². The summed E-state index contributed by atoms with van der Waals surface area (Å²) in [6.07, 6.45) is -1.63. The summed E-state index contributed by atoms with van der Waals surface area (Å²) in [5.74, 6) is -1.13. The number of hydrogen-bond donors (Lipinski definition) is 2. The smallest absolute Gasteiger partial charge is 0.481 e. The Morgan fingerprint density at radius 2 is 2.33 bits per heavy atom. The van der Waals surface area contributed by atoms with E-state index in [0.29, 0.717) is 11.6 Å². The minimum Gasteiger partial charge on any atom is -0.481 e. The molecule has 0 amide bonds. The molecular formula is C2H5NO3PS2+. The second kappa shape index (κ2) is 5.05. The molecule has 0 spiro atoms. The summed E-state index contributed by atoms with van der Waals surface area (Å²) in [4.78, 5) is 9.82. The van der Waals surface area contributed by atoms with Gasteiger partial charge in [0.25, 0.3) is 0 Å². The van der Waals surface area contributed by atoms with E-state index >= 15 is 0 Å². The van der Waals surface area contributed by atoms with Gasteiger partial charge in [0.1, 0.15) is 5.75 Å². The molecule has 1 unspecified atom stereocenters. The van der Waals surface area contributed by atoms with E-state index in [1.54, 1.807) is 0 Å². The lowest BCUT2D eigenvalue weighted by Crippen LogP contribution is -1.95. The highest BCUT2D eigenvalue weighted by Crippen LogP contribution is 2.46. The average molecular weight is 186 g/mol. The monoisotopic (exact) mass is 186 g/mol. The van der Waals surface area contributed by atoms with Crippen molar-refractivity contribution < 1.29 is 14.5 Å². The molecule has 0 saturated heterocycles. The van der Waals surface area contributed by atoms with Gasteiger partial charge >= 0.3 is 12.2 Å². The van der Waals surface area contributed by atoms with Crippen molar-refractivity contribution in [1.82, 2.24) is 0 Å². The van der Waals surface area contributed by atoms with Crippen LogP contribution in [0.4, 0.5) is 0 Å².